The summed E-state index contributed by atoms with van der Waals surface area (Å²) in [5.74, 6) is 1.82. The normalized spacial score (nSPS) is 27.5. The van der Waals surface area contributed by atoms with Gasteiger partial charge >= 0.3 is 0 Å². The minimum atomic E-state index is 0.228. The van der Waals surface area contributed by atoms with E-state index in [1.165, 1.54) is 5.56 Å². The Balaban J connectivity index is 1.84. The molecule has 3 aliphatic rings. The highest BCUT2D eigenvalue weighted by Crippen LogP contribution is 2.43. The molecule has 0 fully saturated rings. The number of para-hydroxylation sites is 1. The molecule has 0 amide bonds. The second-order valence-electron chi connectivity index (χ2n) is 5.27. The Hall–Kier alpha value is -2.09. The van der Waals surface area contributed by atoms with Gasteiger partial charge < -0.3 is 4.74 Å². The zero-order valence-electron chi connectivity index (χ0n) is 10.5. The Morgan fingerprint density at radius 1 is 1.16 bits per heavy atom. The van der Waals surface area contributed by atoms with Crippen LogP contribution in [0.1, 0.15) is 17.9 Å². The molecule has 1 aromatic rings. The zero-order chi connectivity index (χ0) is 12.8. The van der Waals surface area contributed by atoms with E-state index in [0.717, 1.165) is 16.9 Å². The summed E-state index contributed by atoms with van der Waals surface area (Å²) in [7, 11) is 0. The third kappa shape index (κ3) is 1.60. The molecule has 2 heteroatoms. The molecular weight excluding hydrogens is 236 g/mol. The van der Waals surface area contributed by atoms with Gasteiger partial charge in [0, 0.05) is 29.4 Å². The fourth-order valence-electron chi connectivity index (χ4n) is 3.17. The number of carbonyl (C=O) groups is 1. The summed E-state index contributed by atoms with van der Waals surface area (Å²) in [6.45, 7) is 0.659. The van der Waals surface area contributed by atoms with E-state index in [1.54, 1.807) is 0 Å². The number of benzene rings is 1. The lowest BCUT2D eigenvalue weighted by Gasteiger charge is -2.34. The number of rotatable bonds is 0. The third-order valence-corrected chi connectivity index (χ3v) is 4.12. The van der Waals surface area contributed by atoms with Gasteiger partial charge in [0.05, 0.1) is 6.61 Å². The van der Waals surface area contributed by atoms with Crippen LogP contribution in [-0.4, -0.2) is 12.4 Å². The molecular formula is C17H14O2. The van der Waals surface area contributed by atoms with Crippen molar-refractivity contribution >= 4 is 5.78 Å². The summed E-state index contributed by atoms with van der Waals surface area (Å²) in [5.41, 5.74) is 3.19. The first-order chi connectivity index (χ1) is 9.33. The van der Waals surface area contributed by atoms with E-state index in [9.17, 15) is 4.79 Å². The standard InChI is InChI=1S/C17H14O2/c18-16-6-3-4-11-8-14-12(9-15(11)16)10-19-17-7-2-1-5-13(14)17/h1-5,7-9,12,14H,6,10H2. The van der Waals surface area contributed by atoms with Gasteiger partial charge in [-0.25, -0.2) is 0 Å². The van der Waals surface area contributed by atoms with Gasteiger partial charge in [-0.1, -0.05) is 42.5 Å². The molecule has 0 saturated heterocycles. The van der Waals surface area contributed by atoms with E-state index < -0.39 is 0 Å². The second-order valence-corrected chi connectivity index (χ2v) is 5.27. The van der Waals surface area contributed by atoms with Crippen molar-refractivity contribution < 1.29 is 9.53 Å². The maximum Gasteiger partial charge on any atom is 0.166 e. The van der Waals surface area contributed by atoms with Crippen molar-refractivity contribution in [3.63, 3.8) is 0 Å². The molecule has 2 unspecified atom stereocenters. The Labute approximate surface area is 112 Å². The number of carbonyl (C=O) groups excluding carboxylic acids is 1. The van der Waals surface area contributed by atoms with Gasteiger partial charge in [-0.3, -0.25) is 4.79 Å². The summed E-state index contributed by atoms with van der Waals surface area (Å²) in [4.78, 5) is 11.9. The fourth-order valence-corrected chi connectivity index (χ4v) is 3.17. The molecule has 94 valence electrons. The number of ketones is 1. The van der Waals surface area contributed by atoms with Gasteiger partial charge in [0.25, 0.3) is 0 Å². The lowest BCUT2D eigenvalue weighted by atomic mass is 9.75. The van der Waals surface area contributed by atoms with Crippen LogP contribution in [0.25, 0.3) is 0 Å². The van der Waals surface area contributed by atoms with E-state index >= 15 is 0 Å². The average Bonchev–Trinajstić information content (AvgIpc) is 2.46. The van der Waals surface area contributed by atoms with Crippen LogP contribution in [0.3, 0.4) is 0 Å². The number of Topliss-reactive ketones (excluding diaryl/α,β-unsaturated/α-hetero) is 1. The summed E-state index contributed by atoms with van der Waals surface area (Å²) in [6.07, 6.45) is 8.90. The minimum absolute atomic E-state index is 0.228. The van der Waals surface area contributed by atoms with Gasteiger partial charge in [0.2, 0.25) is 0 Å². The largest absolute Gasteiger partial charge is 0.493 e. The molecule has 0 aromatic heterocycles. The Kier molecular flexibility index (Phi) is 2.25. The SMILES string of the molecule is O=C1CC=CC2=CC3c4ccccc4OCC3C=C12. The summed E-state index contributed by atoms with van der Waals surface area (Å²) < 4.78 is 5.80. The van der Waals surface area contributed by atoms with Crippen LogP contribution >= 0.6 is 0 Å². The van der Waals surface area contributed by atoms with Crippen LogP contribution in [-0.2, 0) is 4.79 Å². The molecule has 0 saturated carbocycles. The average molecular weight is 250 g/mol. The lowest BCUT2D eigenvalue weighted by Crippen LogP contribution is -2.27. The zero-order valence-corrected chi connectivity index (χ0v) is 10.5. The number of ether oxygens (including phenoxy) is 1. The molecule has 0 N–H and O–H groups in total. The summed E-state index contributed by atoms with van der Waals surface area (Å²) in [5, 5.41) is 0. The Morgan fingerprint density at radius 2 is 2.05 bits per heavy atom. The van der Waals surface area contributed by atoms with E-state index in [2.05, 4.69) is 24.3 Å². The molecule has 4 rings (SSSR count). The van der Waals surface area contributed by atoms with Crippen molar-refractivity contribution in [3.05, 3.63) is 65.3 Å². The van der Waals surface area contributed by atoms with Crippen molar-refractivity contribution in [2.45, 2.75) is 12.3 Å². The fraction of sp³-hybridized carbons (Fsp3) is 0.235. The molecule has 2 atom stereocenters. The third-order valence-electron chi connectivity index (χ3n) is 4.12. The van der Waals surface area contributed by atoms with E-state index in [1.807, 2.05) is 24.3 Å². The van der Waals surface area contributed by atoms with Gasteiger partial charge in [-0.15, -0.1) is 0 Å². The van der Waals surface area contributed by atoms with Gasteiger partial charge in [-0.2, -0.15) is 0 Å². The first kappa shape index (κ1) is 10.8. The number of allylic oxidation sites excluding steroid dienone is 5. The predicted octanol–water partition coefficient (Wildman–Crippen LogP) is 3.17. The van der Waals surface area contributed by atoms with Crippen LogP contribution < -0.4 is 4.74 Å². The van der Waals surface area contributed by atoms with Crippen LogP contribution in [0.4, 0.5) is 0 Å². The Morgan fingerprint density at radius 3 is 3.00 bits per heavy atom. The Bertz CT molecular complexity index is 649. The number of fused-ring (bicyclic) bond motifs is 4. The minimum Gasteiger partial charge on any atom is -0.493 e. The smallest absolute Gasteiger partial charge is 0.166 e. The van der Waals surface area contributed by atoms with E-state index in [4.69, 9.17) is 4.74 Å². The van der Waals surface area contributed by atoms with Gasteiger partial charge in [0.1, 0.15) is 5.75 Å². The van der Waals surface area contributed by atoms with Crippen molar-refractivity contribution in [2.75, 3.05) is 6.61 Å². The second kappa shape index (κ2) is 3.95. The van der Waals surface area contributed by atoms with E-state index in [0.29, 0.717) is 18.9 Å². The summed E-state index contributed by atoms with van der Waals surface area (Å²) >= 11 is 0. The quantitative estimate of drug-likeness (QED) is 0.707. The highest BCUT2D eigenvalue weighted by atomic mass is 16.5. The monoisotopic (exact) mass is 250 g/mol. The molecule has 1 aromatic carbocycles. The molecule has 0 spiro atoms. The van der Waals surface area contributed by atoms with Gasteiger partial charge in [0.15, 0.2) is 5.78 Å². The molecule has 0 radical (unpaired) electrons. The molecule has 2 nitrogen and oxygen atoms in total. The van der Waals surface area contributed by atoms with Crippen LogP contribution in [0.5, 0.6) is 5.75 Å². The predicted molar refractivity (Wildman–Crippen MR) is 73.1 cm³/mol. The molecule has 19 heavy (non-hydrogen) atoms. The van der Waals surface area contributed by atoms with Crippen LogP contribution in [0, 0.1) is 5.92 Å². The van der Waals surface area contributed by atoms with Crippen LogP contribution in [0.15, 0.2) is 59.7 Å². The molecule has 2 aliphatic carbocycles. The topological polar surface area (TPSA) is 26.3 Å². The highest BCUT2D eigenvalue weighted by molar-refractivity contribution is 6.03. The number of hydrogen-bond donors (Lipinski definition) is 0. The van der Waals surface area contributed by atoms with E-state index in [-0.39, 0.29) is 11.7 Å². The highest BCUT2D eigenvalue weighted by Gasteiger charge is 2.33. The van der Waals surface area contributed by atoms with Gasteiger partial charge in [-0.05, 0) is 11.6 Å². The molecule has 1 aliphatic heterocycles. The van der Waals surface area contributed by atoms with Crippen molar-refractivity contribution in [1.82, 2.24) is 0 Å². The lowest BCUT2D eigenvalue weighted by molar-refractivity contribution is -0.114. The van der Waals surface area contributed by atoms with Crippen molar-refractivity contribution in [1.29, 1.82) is 0 Å². The summed E-state index contributed by atoms with van der Waals surface area (Å²) in [6, 6.07) is 8.19. The maximum atomic E-state index is 11.9. The number of hydrogen-bond acceptors (Lipinski definition) is 2. The first-order valence-electron chi connectivity index (χ1n) is 6.68. The van der Waals surface area contributed by atoms with Crippen LogP contribution in [0.2, 0.25) is 0 Å². The molecule has 0 bridgehead atoms. The van der Waals surface area contributed by atoms with Crippen molar-refractivity contribution in [3.8, 4) is 5.75 Å². The first-order valence-corrected chi connectivity index (χ1v) is 6.68. The maximum absolute atomic E-state index is 11.9. The molecule has 1 heterocycles. The van der Waals surface area contributed by atoms with Crippen molar-refractivity contribution in [2.24, 2.45) is 5.92 Å².